The molecule has 0 bridgehead atoms. The number of halogens is 2. The molecule has 0 atom stereocenters. The summed E-state index contributed by atoms with van der Waals surface area (Å²) in [5.41, 5.74) is 0.913. The van der Waals surface area contributed by atoms with Crippen molar-refractivity contribution < 1.29 is 29.0 Å². The summed E-state index contributed by atoms with van der Waals surface area (Å²) in [6.45, 7) is -0.535. The molecule has 1 heterocycles. The van der Waals surface area contributed by atoms with E-state index in [1.54, 1.807) is 24.3 Å². The van der Waals surface area contributed by atoms with Crippen molar-refractivity contribution >= 4 is 57.2 Å². The first-order valence-electron chi connectivity index (χ1n) is 8.15. The number of nitrogens with zero attached hydrogens (tertiary/aromatic N) is 1. The molecule has 1 fully saturated rings. The Morgan fingerprint density at radius 2 is 2.03 bits per heavy atom. The molecule has 10 heteroatoms. The zero-order valence-corrected chi connectivity index (χ0v) is 17.3. The van der Waals surface area contributed by atoms with Crippen LogP contribution in [-0.4, -0.2) is 36.7 Å². The van der Waals surface area contributed by atoms with Crippen LogP contribution in [0, 0.1) is 0 Å². The van der Waals surface area contributed by atoms with E-state index in [0.29, 0.717) is 20.7 Å². The van der Waals surface area contributed by atoms with Gasteiger partial charge in [0.15, 0.2) is 18.1 Å². The number of hydrogen-bond acceptors (Lipinski definition) is 5. The molecule has 1 saturated heterocycles. The molecule has 3 amide bonds. The second-order valence-corrected chi connectivity index (χ2v) is 7.11. The van der Waals surface area contributed by atoms with Crippen LogP contribution in [0.3, 0.4) is 0 Å². The number of imide groups is 1. The van der Waals surface area contributed by atoms with Crippen molar-refractivity contribution in [1.82, 2.24) is 5.32 Å². The van der Waals surface area contributed by atoms with Crippen molar-refractivity contribution in [2.75, 3.05) is 18.6 Å². The summed E-state index contributed by atoms with van der Waals surface area (Å²) < 4.78 is 10.9. The largest absolute Gasteiger partial charge is 0.493 e. The third-order valence-corrected chi connectivity index (χ3v) is 4.80. The lowest BCUT2D eigenvalue weighted by Crippen LogP contribution is -2.30. The molecule has 0 saturated carbocycles. The number of urea groups is 1. The number of carboxylic acids is 1. The van der Waals surface area contributed by atoms with Crippen LogP contribution < -0.4 is 19.7 Å². The highest BCUT2D eigenvalue weighted by atomic mass is 79.9. The molecule has 0 spiro atoms. The average molecular weight is 482 g/mol. The summed E-state index contributed by atoms with van der Waals surface area (Å²) in [7, 11) is 1.40. The van der Waals surface area contributed by atoms with Crippen molar-refractivity contribution in [1.29, 1.82) is 0 Å². The van der Waals surface area contributed by atoms with E-state index in [4.69, 9.17) is 26.2 Å². The van der Waals surface area contributed by atoms with E-state index < -0.39 is 24.5 Å². The number of hydrogen-bond donors (Lipinski definition) is 2. The second-order valence-electron chi connectivity index (χ2n) is 5.82. The normalized spacial score (nSPS) is 14.9. The minimum atomic E-state index is -1.13. The van der Waals surface area contributed by atoms with Gasteiger partial charge in [-0.2, -0.15) is 0 Å². The molecule has 2 aromatic rings. The van der Waals surface area contributed by atoms with Gasteiger partial charge in [0.2, 0.25) is 0 Å². The van der Waals surface area contributed by atoms with Gasteiger partial charge in [-0.05, 0) is 42.0 Å². The number of carbonyl (C=O) groups is 3. The van der Waals surface area contributed by atoms with E-state index in [1.165, 1.54) is 25.3 Å². The Balaban J connectivity index is 1.92. The smallest absolute Gasteiger partial charge is 0.341 e. The topological polar surface area (TPSA) is 105 Å². The lowest BCUT2D eigenvalue weighted by molar-refractivity contribution is -0.139. The molecule has 0 aromatic heterocycles. The highest BCUT2D eigenvalue weighted by Gasteiger charge is 2.35. The minimum Gasteiger partial charge on any atom is -0.493 e. The van der Waals surface area contributed by atoms with Gasteiger partial charge in [-0.15, -0.1) is 0 Å². The Bertz CT molecular complexity index is 1040. The monoisotopic (exact) mass is 480 g/mol. The Morgan fingerprint density at radius 3 is 2.69 bits per heavy atom. The lowest BCUT2D eigenvalue weighted by atomic mass is 10.1. The van der Waals surface area contributed by atoms with Crippen LogP contribution in [0.5, 0.6) is 11.5 Å². The molecule has 150 valence electrons. The lowest BCUT2D eigenvalue weighted by Gasteiger charge is -2.12. The standard InChI is InChI=1S/C19H14BrClN2O6/c1-28-15-6-10(13(20)8-16(15)29-9-17(24)25)5-14-18(26)23(19(27)22-14)12-4-2-3-11(21)7-12/h2-8H,9H2,1H3,(H,22,27)(H,24,25)/b14-5+. The van der Waals surface area contributed by atoms with Gasteiger partial charge in [0.05, 0.1) is 12.8 Å². The fraction of sp³-hybridized carbons (Fsp3) is 0.105. The number of rotatable bonds is 6. The number of ether oxygens (including phenoxy) is 2. The summed E-state index contributed by atoms with van der Waals surface area (Å²) in [6.07, 6.45) is 1.47. The van der Waals surface area contributed by atoms with Crippen molar-refractivity contribution in [3.8, 4) is 11.5 Å². The molecule has 0 radical (unpaired) electrons. The number of aliphatic carboxylic acids is 1. The SMILES string of the molecule is COc1cc(/C=C2/NC(=O)N(c3cccc(Cl)c3)C2=O)c(Br)cc1OCC(=O)O. The zero-order valence-electron chi connectivity index (χ0n) is 14.9. The maximum Gasteiger partial charge on any atom is 0.341 e. The van der Waals surface area contributed by atoms with Gasteiger partial charge in [-0.25, -0.2) is 14.5 Å². The third kappa shape index (κ3) is 4.52. The number of nitrogens with one attached hydrogen (secondary N) is 1. The van der Waals surface area contributed by atoms with Gasteiger partial charge in [-0.1, -0.05) is 33.6 Å². The molecule has 2 N–H and O–H groups in total. The Kier molecular flexibility index (Phi) is 6.09. The quantitative estimate of drug-likeness (QED) is 0.482. The minimum absolute atomic E-state index is 0.0527. The van der Waals surface area contributed by atoms with Crippen LogP contribution in [0.1, 0.15) is 5.56 Å². The first kappa shape index (κ1) is 20.7. The number of carboxylic acid groups (broad SMARTS) is 1. The molecule has 29 heavy (non-hydrogen) atoms. The molecule has 0 aliphatic carbocycles. The van der Waals surface area contributed by atoms with Crippen LogP contribution in [0.25, 0.3) is 6.08 Å². The molecular formula is C19H14BrClN2O6. The third-order valence-electron chi connectivity index (χ3n) is 3.88. The van der Waals surface area contributed by atoms with E-state index in [9.17, 15) is 14.4 Å². The summed E-state index contributed by atoms with van der Waals surface area (Å²) in [5.74, 6) is -1.19. The molecule has 2 aromatic carbocycles. The zero-order chi connectivity index (χ0) is 21.1. The number of carbonyl (C=O) groups excluding carboxylic acids is 2. The van der Waals surface area contributed by atoms with Crippen LogP contribution >= 0.6 is 27.5 Å². The molecular weight excluding hydrogens is 468 g/mol. The Morgan fingerprint density at radius 1 is 1.28 bits per heavy atom. The van der Waals surface area contributed by atoms with Gasteiger partial charge in [0, 0.05) is 9.50 Å². The summed E-state index contributed by atoms with van der Waals surface area (Å²) in [4.78, 5) is 36.7. The number of amides is 3. The summed E-state index contributed by atoms with van der Waals surface area (Å²) in [6, 6.07) is 8.84. The maximum atomic E-state index is 12.7. The Hall–Kier alpha value is -3.04. The molecule has 1 aliphatic heterocycles. The number of anilines is 1. The highest BCUT2D eigenvalue weighted by molar-refractivity contribution is 9.10. The van der Waals surface area contributed by atoms with E-state index in [2.05, 4.69) is 21.2 Å². The summed E-state index contributed by atoms with van der Waals surface area (Å²) in [5, 5.41) is 11.7. The first-order chi connectivity index (χ1) is 13.8. The van der Waals surface area contributed by atoms with Crippen molar-refractivity contribution in [2.45, 2.75) is 0 Å². The van der Waals surface area contributed by atoms with Crippen molar-refractivity contribution in [3.05, 3.63) is 57.2 Å². The number of methoxy groups -OCH3 is 1. The molecule has 1 aliphatic rings. The molecule has 3 rings (SSSR count). The van der Waals surface area contributed by atoms with E-state index in [0.717, 1.165) is 4.90 Å². The maximum absolute atomic E-state index is 12.7. The van der Waals surface area contributed by atoms with Gasteiger partial charge in [-0.3, -0.25) is 4.79 Å². The molecule has 8 nitrogen and oxygen atoms in total. The van der Waals surface area contributed by atoms with Gasteiger partial charge < -0.3 is 19.9 Å². The number of benzene rings is 2. The fourth-order valence-corrected chi connectivity index (χ4v) is 3.23. The van der Waals surface area contributed by atoms with Gasteiger partial charge in [0.1, 0.15) is 5.70 Å². The fourth-order valence-electron chi connectivity index (χ4n) is 2.61. The van der Waals surface area contributed by atoms with Gasteiger partial charge >= 0.3 is 12.0 Å². The van der Waals surface area contributed by atoms with Gasteiger partial charge in [0.25, 0.3) is 5.91 Å². The van der Waals surface area contributed by atoms with Crippen LogP contribution in [0.2, 0.25) is 5.02 Å². The van der Waals surface area contributed by atoms with E-state index in [1.807, 2.05) is 0 Å². The van der Waals surface area contributed by atoms with Crippen LogP contribution in [-0.2, 0) is 9.59 Å². The highest BCUT2D eigenvalue weighted by Crippen LogP contribution is 2.35. The second kappa shape index (κ2) is 8.54. The average Bonchev–Trinajstić information content (AvgIpc) is 2.94. The van der Waals surface area contributed by atoms with Crippen molar-refractivity contribution in [2.24, 2.45) is 0 Å². The van der Waals surface area contributed by atoms with Crippen LogP contribution in [0.15, 0.2) is 46.6 Å². The summed E-state index contributed by atoms with van der Waals surface area (Å²) >= 11 is 9.29. The van der Waals surface area contributed by atoms with E-state index in [-0.39, 0.29) is 17.2 Å². The van der Waals surface area contributed by atoms with E-state index >= 15 is 0 Å². The van der Waals surface area contributed by atoms with Crippen LogP contribution in [0.4, 0.5) is 10.5 Å². The molecule has 0 unspecified atom stereocenters. The predicted molar refractivity (Wildman–Crippen MR) is 109 cm³/mol. The Labute approximate surface area is 178 Å². The van der Waals surface area contributed by atoms with Crippen molar-refractivity contribution in [3.63, 3.8) is 0 Å². The predicted octanol–water partition coefficient (Wildman–Crippen LogP) is 3.67. The first-order valence-corrected chi connectivity index (χ1v) is 9.32.